The molecule has 0 radical (unpaired) electrons. The van der Waals surface area contributed by atoms with E-state index >= 15 is 0 Å². The fourth-order valence-corrected chi connectivity index (χ4v) is 3.51. The molecular weight excluding hydrogens is 437 g/mol. The molecule has 1 aromatic carbocycles. The summed E-state index contributed by atoms with van der Waals surface area (Å²) in [6, 6.07) is 7.95. The molecule has 4 rings (SSSR count). The molecule has 2 atom stereocenters. The standard InChI is InChI=1S/C23H21F3N4O3/c1-23(2,11-27)13-4-5-17-14(9-28-30(17)10-13)12-6-18(32-3)20(19(7-12)33-22(25)26)21(31)29-16-8-15(16)24/h4-7,9-10,15-16,22H,8H2,1-3H3,(H,29,31)/t15-,16-/m1/s1. The fourth-order valence-electron chi connectivity index (χ4n) is 3.51. The predicted octanol–water partition coefficient (Wildman–Crippen LogP) is 4.25. The number of aromatic nitrogens is 2. The number of rotatable bonds is 7. The van der Waals surface area contributed by atoms with Crippen LogP contribution in [0, 0.1) is 11.3 Å². The van der Waals surface area contributed by atoms with Crippen molar-refractivity contribution in [2.75, 3.05) is 7.11 Å². The number of alkyl halides is 3. The molecule has 33 heavy (non-hydrogen) atoms. The van der Waals surface area contributed by atoms with Gasteiger partial charge in [0.05, 0.1) is 36.3 Å². The van der Waals surface area contributed by atoms with E-state index in [0.29, 0.717) is 16.6 Å². The molecule has 10 heteroatoms. The summed E-state index contributed by atoms with van der Waals surface area (Å²) in [5, 5.41) is 16.2. The zero-order valence-corrected chi connectivity index (χ0v) is 18.1. The molecule has 0 bridgehead atoms. The number of hydrogen-bond donors (Lipinski definition) is 1. The minimum atomic E-state index is -3.19. The number of halogens is 3. The molecule has 1 N–H and O–H groups in total. The quantitative estimate of drug-likeness (QED) is 0.572. The van der Waals surface area contributed by atoms with Gasteiger partial charge in [-0.2, -0.15) is 19.1 Å². The second kappa shape index (κ2) is 8.31. The number of ether oxygens (including phenoxy) is 2. The van der Waals surface area contributed by atoms with Gasteiger partial charge < -0.3 is 14.8 Å². The number of nitrogens with one attached hydrogen (secondary N) is 1. The maximum absolute atomic E-state index is 13.2. The Bertz CT molecular complexity index is 1270. The number of benzene rings is 1. The molecule has 7 nitrogen and oxygen atoms in total. The monoisotopic (exact) mass is 458 g/mol. The number of pyridine rings is 1. The average Bonchev–Trinajstić information content (AvgIpc) is 3.30. The van der Waals surface area contributed by atoms with Crippen molar-refractivity contribution in [1.82, 2.24) is 14.9 Å². The summed E-state index contributed by atoms with van der Waals surface area (Å²) in [5.74, 6) is -1.16. The number of hydrogen-bond acceptors (Lipinski definition) is 5. The first-order valence-corrected chi connectivity index (χ1v) is 10.2. The van der Waals surface area contributed by atoms with Crippen molar-refractivity contribution in [2.45, 2.75) is 44.5 Å². The summed E-state index contributed by atoms with van der Waals surface area (Å²) < 4.78 is 51.1. The third kappa shape index (κ3) is 4.31. The van der Waals surface area contributed by atoms with Gasteiger partial charge in [0.1, 0.15) is 23.2 Å². The highest BCUT2D eigenvalue weighted by Crippen LogP contribution is 2.38. The molecule has 1 fully saturated rings. The molecule has 172 valence electrons. The first-order chi connectivity index (χ1) is 15.6. The van der Waals surface area contributed by atoms with Crippen LogP contribution < -0.4 is 14.8 Å². The second-order valence-corrected chi connectivity index (χ2v) is 8.30. The number of nitrogens with zero attached hydrogens (tertiary/aromatic N) is 3. The highest BCUT2D eigenvalue weighted by Gasteiger charge is 2.40. The smallest absolute Gasteiger partial charge is 0.387 e. The van der Waals surface area contributed by atoms with Crippen LogP contribution in [-0.2, 0) is 5.41 Å². The van der Waals surface area contributed by atoms with Crippen LogP contribution in [0.3, 0.4) is 0 Å². The lowest BCUT2D eigenvalue weighted by atomic mass is 9.87. The summed E-state index contributed by atoms with van der Waals surface area (Å²) in [5.41, 5.74) is 1.44. The summed E-state index contributed by atoms with van der Waals surface area (Å²) in [6.45, 7) is 0.382. The third-order valence-corrected chi connectivity index (χ3v) is 5.59. The predicted molar refractivity (Wildman–Crippen MR) is 113 cm³/mol. The van der Waals surface area contributed by atoms with E-state index < -0.39 is 35.9 Å². The van der Waals surface area contributed by atoms with Crippen molar-refractivity contribution in [3.05, 3.63) is 47.8 Å². The number of amides is 1. The van der Waals surface area contributed by atoms with Gasteiger partial charge in [-0.05, 0) is 43.2 Å². The third-order valence-electron chi connectivity index (χ3n) is 5.59. The van der Waals surface area contributed by atoms with E-state index in [0.717, 1.165) is 5.56 Å². The number of nitriles is 1. The number of carbonyl (C=O) groups is 1. The lowest BCUT2D eigenvalue weighted by molar-refractivity contribution is -0.0502. The minimum Gasteiger partial charge on any atom is -0.496 e. The highest BCUT2D eigenvalue weighted by molar-refractivity contribution is 6.01. The van der Waals surface area contributed by atoms with E-state index in [1.54, 1.807) is 36.7 Å². The van der Waals surface area contributed by atoms with Gasteiger partial charge in [0.15, 0.2) is 0 Å². The van der Waals surface area contributed by atoms with E-state index in [1.807, 2.05) is 0 Å². The lowest BCUT2D eigenvalue weighted by Crippen LogP contribution is -2.28. The van der Waals surface area contributed by atoms with Gasteiger partial charge in [-0.3, -0.25) is 4.79 Å². The summed E-state index contributed by atoms with van der Waals surface area (Å²) >= 11 is 0. The minimum absolute atomic E-state index is 0.00158. The molecule has 1 aliphatic carbocycles. The molecule has 1 saturated carbocycles. The molecule has 1 amide bonds. The zero-order chi connectivity index (χ0) is 23.9. The van der Waals surface area contributed by atoms with E-state index in [1.165, 1.54) is 25.4 Å². The van der Waals surface area contributed by atoms with Gasteiger partial charge in [-0.25, -0.2) is 8.91 Å². The Labute approximate surface area is 187 Å². The Balaban J connectivity index is 1.80. The van der Waals surface area contributed by atoms with Crippen LogP contribution in [0.5, 0.6) is 11.5 Å². The zero-order valence-electron chi connectivity index (χ0n) is 18.1. The van der Waals surface area contributed by atoms with Crippen LogP contribution in [0.2, 0.25) is 0 Å². The van der Waals surface area contributed by atoms with Crippen LogP contribution in [0.1, 0.15) is 36.2 Å². The van der Waals surface area contributed by atoms with Crippen LogP contribution in [0.4, 0.5) is 13.2 Å². The van der Waals surface area contributed by atoms with Crippen molar-refractivity contribution >= 4 is 11.4 Å². The van der Waals surface area contributed by atoms with Gasteiger partial charge in [0.25, 0.3) is 5.91 Å². The molecule has 0 spiro atoms. The number of carbonyl (C=O) groups excluding carboxylic acids is 1. The maximum Gasteiger partial charge on any atom is 0.387 e. The number of methoxy groups -OCH3 is 1. The Morgan fingerprint density at radius 1 is 1.33 bits per heavy atom. The average molecular weight is 458 g/mol. The topological polar surface area (TPSA) is 88.7 Å². The first-order valence-electron chi connectivity index (χ1n) is 10.2. The van der Waals surface area contributed by atoms with Crippen molar-refractivity contribution in [1.29, 1.82) is 5.26 Å². The van der Waals surface area contributed by atoms with E-state index in [9.17, 15) is 23.2 Å². The summed E-state index contributed by atoms with van der Waals surface area (Å²) in [6.07, 6.45) is 2.27. The summed E-state index contributed by atoms with van der Waals surface area (Å²) in [4.78, 5) is 12.7. The van der Waals surface area contributed by atoms with E-state index in [4.69, 9.17) is 4.74 Å². The normalized spacial score (nSPS) is 17.6. The van der Waals surface area contributed by atoms with Crippen LogP contribution >= 0.6 is 0 Å². The molecular formula is C23H21F3N4O3. The van der Waals surface area contributed by atoms with Gasteiger partial charge in [-0.15, -0.1) is 0 Å². The molecule has 0 unspecified atom stereocenters. The van der Waals surface area contributed by atoms with Gasteiger partial charge in [-0.1, -0.05) is 6.07 Å². The van der Waals surface area contributed by atoms with Gasteiger partial charge >= 0.3 is 6.61 Å². The largest absolute Gasteiger partial charge is 0.496 e. The number of fused-ring (bicyclic) bond motifs is 1. The van der Waals surface area contributed by atoms with Crippen molar-refractivity contribution in [2.24, 2.45) is 0 Å². The SMILES string of the molecule is COc1cc(-c2cnn3cc(C(C)(C)C#N)ccc23)cc(OC(F)F)c1C(=O)N[C@@H]1C[C@H]1F. The Hall–Kier alpha value is -3.74. The van der Waals surface area contributed by atoms with Gasteiger partial charge in [0, 0.05) is 18.2 Å². The Morgan fingerprint density at radius 2 is 2.03 bits per heavy atom. The maximum atomic E-state index is 13.2. The summed E-state index contributed by atoms with van der Waals surface area (Å²) in [7, 11) is 1.30. The van der Waals surface area contributed by atoms with E-state index in [2.05, 4.69) is 21.2 Å². The van der Waals surface area contributed by atoms with Gasteiger partial charge in [0.2, 0.25) is 0 Å². The van der Waals surface area contributed by atoms with Crippen molar-refractivity contribution in [3.8, 4) is 28.7 Å². The van der Waals surface area contributed by atoms with Crippen molar-refractivity contribution in [3.63, 3.8) is 0 Å². The van der Waals surface area contributed by atoms with Crippen LogP contribution in [-0.4, -0.2) is 41.5 Å². The first kappa shape index (κ1) is 22.5. The Kier molecular flexibility index (Phi) is 5.66. The Morgan fingerprint density at radius 3 is 2.64 bits per heavy atom. The molecule has 0 saturated heterocycles. The van der Waals surface area contributed by atoms with E-state index in [-0.39, 0.29) is 17.7 Å². The molecule has 2 aromatic heterocycles. The second-order valence-electron chi connectivity index (χ2n) is 8.30. The highest BCUT2D eigenvalue weighted by atomic mass is 19.3. The lowest BCUT2D eigenvalue weighted by Gasteiger charge is -2.17. The fraction of sp³-hybridized carbons (Fsp3) is 0.348. The molecule has 2 heterocycles. The van der Waals surface area contributed by atoms with Crippen LogP contribution in [0.15, 0.2) is 36.7 Å². The van der Waals surface area contributed by atoms with Crippen molar-refractivity contribution < 1.29 is 27.4 Å². The van der Waals surface area contributed by atoms with Crippen LogP contribution in [0.25, 0.3) is 16.6 Å². The molecule has 0 aliphatic heterocycles. The molecule has 3 aromatic rings. The molecule has 1 aliphatic rings.